The Morgan fingerprint density at radius 2 is 1.51 bits per heavy atom. The number of ether oxygens (including phenoxy) is 1. The summed E-state index contributed by atoms with van der Waals surface area (Å²) in [5.74, 6) is -4.26. The van der Waals surface area contributed by atoms with Gasteiger partial charge in [0.15, 0.2) is 5.82 Å². The van der Waals surface area contributed by atoms with Crippen molar-refractivity contribution in [2.24, 2.45) is 5.73 Å². The second-order valence-corrected chi connectivity index (χ2v) is 11.5. The number of halogens is 7. The van der Waals surface area contributed by atoms with E-state index >= 15 is 0 Å². The third-order valence-corrected chi connectivity index (χ3v) is 7.74. The number of nitrogens with two attached hydrogens (primary N) is 1. The zero-order chi connectivity index (χ0) is 36.9. The molecule has 0 spiro atoms. The smallest absolute Gasteiger partial charge is 0.458 e. The lowest BCUT2D eigenvalue weighted by Crippen LogP contribution is -2.50. The van der Waals surface area contributed by atoms with Gasteiger partial charge < -0.3 is 30.9 Å². The highest BCUT2D eigenvalue weighted by Crippen LogP contribution is 2.31. The summed E-state index contributed by atoms with van der Waals surface area (Å²) in [6.45, 7) is 3.08. The molecule has 6 rings (SSSR count). The number of aromatic nitrogens is 3. The van der Waals surface area contributed by atoms with Crippen molar-refractivity contribution in [1.29, 1.82) is 0 Å². The number of piperazine rings is 1. The van der Waals surface area contributed by atoms with E-state index in [1.54, 1.807) is 11.1 Å². The fourth-order valence-electron chi connectivity index (χ4n) is 4.96. The van der Waals surface area contributed by atoms with E-state index in [1.807, 2.05) is 42.6 Å². The van der Waals surface area contributed by atoms with Gasteiger partial charge >= 0.3 is 30.0 Å². The average molecular weight is 737 g/mol. The van der Waals surface area contributed by atoms with Gasteiger partial charge in [-0.15, -0.1) is 0 Å². The standard InChI is InChI=1S/C28H27ClN8O2.C4F6O2/c29-24-17-32-28-34-22-13-18(6-11-39-23-3-1-2-21(15-23)33-26(24)35-28)12-20(14-22)19-4-5-25(31-16-19)36-7-9-37(10-8-36)27(30)38;5-3(6,7)1(11)2(12)4(8,9)10/h1-5,12-17H,6-11H2,(H2,30,38)(H2,32,33,34,35);. The zero-order valence-electron chi connectivity index (χ0n) is 26.2. The largest absolute Gasteiger partial charge is 0.493 e. The molecule has 0 aliphatic carbocycles. The Hall–Kier alpha value is -5.65. The molecule has 51 heavy (non-hydrogen) atoms. The maximum absolute atomic E-state index is 11.4. The minimum absolute atomic E-state index is 0.380. The first-order chi connectivity index (χ1) is 24.1. The Labute approximate surface area is 290 Å². The van der Waals surface area contributed by atoms with Crippen LogP contribution in [0.3, 0.4) is 0 Å². The van der Waals surface area contributed by atoms with E-state index in [2.05, 4.69) is 43.7 Å². The number of fused-ring (bicyclic) bond motifs is 6. The number of rotatable bonds is 3. The zero-order valence-corrected chi connectivity index (χ0v) is 26.9. The molecule has 2 aliphatic rings. The maximum atomic E-state index is 11.4. The van der Waals surface area contributed by atoms with E-state index in [0.717, 1.165) is 39.6 Å². The second kappa shape index (κ2) is 15.1. The second-order valence-electron chi connectivity index (χ2n) is 11.1. The van der Waals surface area contributed by atoms with E-state index in [0.29, 0.717) is 56.0 Å². The van der Waals surface area contributed by atoms with E-state index < -0.39 is 23.9 Å². The number of urea groups is 1. The number of benzene rings is 2. The molecule has 4 heterocycles. The van der Waals surface area contributed by atoms with Crippen molar-refractivity contribution in [3.63, 3.8) is 0 Å². The summed E-state index contributed by atoms with van der Waals surface area (Å²) < 4.78 is 73.0. The van der Waals surface area contributed by atoms with E-state index in [9.17, 15) is 40.7 Å². The molecular weight excluding hydrogens is 710 g/mol. The number of nitrogens with zero attached hydrogens (tertiary/aromatic N) is 5. The Kier molecular flexibility index (Phi) is 10.8. The Morgan fingerprint density at radius 1 is 0.804 bits per heavy atom. The van der Waals surface area contributed by atoms with E-state index in [1.165, 1.54) is 0 Å². The van der Waals surface area contributed by atoms with E-state index in [-0.39, 0.29) is 6.03 Å². The molecule has 0 unspecified atom stereocenters. The van der Waals surface area contributed by atoms with Crippen molar-refractivity contribution in [2.45, 2.75) is 18.8 Å². The number of anilines is 5. The summed E-state index contributed by atoms with van der Waals surface area (Å²) in [6.07, 6.45) is -7.39. The van der Waals surface area contributed by atoms with Crippen LogP contribution in [0.2, 0.25) is 5.02 Å². The first-order valence-corrected chi connectivity index (χ1v) is 15.4. The van der Waals surface area contributed by atoms with Gasteiger partial charge in [0.1, 0.15) is 16.6 Å². The van der Waals surface area contributed by atoms with Gasteiger partial charge in [0.05, 0.1) is 12.8 Å². The molecule has 4 N–H and O–H groups in total. The van der Waals surface area contributed by atoms with Crippen molar-refractivity contribution < 1.29 is 45.5 Å². The minimum atomic E-state index is -5.77. The maximum Gasteiger partial charge on any atom is 0.458 e. The molecule has 4 aromatic rings. The van der Waals surface area contributed by atoms with Crippen LogP contribution in [0.5, 0.6) is 5.75 Å². The minimum Gasteiger partial charge on any atom is -0.493 e. The predicted molar refractivity (Wildman–Crippen MR) is 174 cm³/mol. The third-order valence-electron chi connectivity index (χ3n) is 7.47. The monoisotopic (exact) mass is 736 g/mol. The number of alkyl halides is 6. The molecular formula is C32H27ClF6N8O4. The lowest BCUT2D eigenvalue weighted by molar-refractivity contribution is -0.193. The van der Waals surface area contributed by atoms with Gasteiger partial charge in [-0.2, -0.15) is 31.3 Å². The number of hydrogen-bond donors (Lipinski definition) is 3. The summed E-state index contributed by atoms with van der Waals surface area (Å²) in [7, 11) is 0. The molecule has 0 radical (unpaired) electrons. The molecule has 2 aromatic heterocycles. The summed E-state index contributed by atoms with van der Waals surface area (Å²) >= 11 is 6.37. The molecule has 0 saturated carbocycles. The molecule has 2 aromatic carbocycles. The summed E-state index contributed by atoms with van der Waals surface area (Å²) in [5, 5.41) is 6.99. The first-order valence-electron chi connectivity index (χ1n) is 15.0. The molecule has 12 nitrogen and oxygen atoms in total. The number of hydrogen-bond acceptors (Lipinski definition) is 10. The van der Waals surface area contributed by atoms with Gasteiger partial charge in [-0.05, 0) is 47.5 Å². The molecule has 1 saturated heterocycles. The summed E-state index contributed by atoms with van der Waals surface area (Å²) in [5.41, 5.74) is 10.2. The Morgan fingerprint density at radius 3 is 2.14 bits per heavy atom. The number of primary amides is 1. The fourth-order valence-corrected chi connectivity index (χ4v) is 5.10. The van der Waals surface area contributed by atoms with Crippen molar-refractivity contribution in [3.05, 3.63) is 77.6 Å². The number of nitrogens with one attached hydrogen (secondary N) is 2. The summed E-state index contributed by atoms with van der Waals surface area (Å²) in [6, 6.07) is 17.7. The lowest BCUT2D eigenvalue weighted by Gasteiger charge is -2.34. The van der Waals surface area contributed by atoms with Crippen molar-refractivity contribution in [3.8, 4) is 16.9 Å². The molecule has 0 atom stereocenters. The molecule has 268 valence electrons. The van der Waals surface area contributed by atoms with Crippen LogP contribution in [0.1, 0.15) is 5.56 Å². The van der Waals surface area contributed by atoms with Gasteiger partial charge in [-0.3, -0.25) is 9.59 Å². The number of amides is 2. The number of pyridine rings is 1. The third kappa shape index (κ3) is 9.53. The number of carbonyl (C=O) groups excluding carboxylic acids is 3. The van der Waals surface area contributed by atoms with Gasteiger partial charge in [-0.1, -0.05) is 23.7 Å². The average Bonchev–Trinajstić information content (AvgIpc) is 3.08. The van der Waals surface area contributed by atoms with Crippen LogP contribution >= 0.6 is 11.6 Å². The van der Waals surface area contributed by atoms with Gasteiger partial charge in [0.25, 0.3) is 0 Å². The topological polar surface area (TPSA) is 156 Å². The lowest BCUT2D eigenvalue weighted by atomic mass is 10.0. The molecule has 6 bridgehead atoms. The fraction of sp³-hybridized carbons (Fsp3) is 0.250. The number of Topliss-reactive ketones (excluding diaryl/α,β-unsaturated/α-hetero) is 2. The summed E-state index contributed by atoms with van der Waals surface area (Å²) in [4.78, 5) is 48.2. The first kappa shape index (κ1) is 36.6. The Balaban J connectivity index is 0.000000362. The number of ketones is 2. The normalized spacial score (nSPS) is 14.4. The van der Waals surface area contributed by atoms with Crippen LogP contribution in [0, 0.1) is 0 Å². The van der Waals surface area contributed by atoms with Gasteiger partial charge in [0, 0.05) is 61.8 Å². The molecule has 19 heteroatoms. The number of carbonyl (C=O) groups is 3. The highest BCUT2D eigenvalue weighted by Gasteiger charge is 2.54. The van der Waals surface area contributed by atoms with Gasteiger partial charge in [0.2, 0.25) is 5.95 Å². The van der Waals surface area contributed by atoms with Crippen molar-refractivity contribution in [1.82, 2.24) is 19.9 Å². The predicted octanol–water partition coefficient (Wildman–Crippen LogP) is 6.06. The molecule has 1 fully saturated rings. The quantitative estimate of drug-likeness (QED) is 0.167. The van der Waals surface area contributed by atoms with Crippen LogP contribution in [-0.4, -0.2) is 82.6 Å². The van der Waals surface area contributed by atoms with Crippen LogP contribution in [0.25, 0.3) is 11.1 Å². The molecule has 2 aliphatic heterocycles. The van der Waals surface area contributed by atoms with Crippen LogP contribution < -0.4 is 26.0 Å². The van der Waals surface area contributed by atoms with E-state index in [4.69, 9.17) is 27.1 Å². The highest BCUT2D eigenvalue weighted by molar-refractivity contribution is 6.41. The Bertz CT molecular complexity index is 1900. The van der Waals surface area contributed by atoms with Crippen LogP contribution in [-0.2, 0) is 16.0 Å². The van der Waals surface area contributed by atoms with Crippen LogP contribution in [0.15, 0.2) is 67.0 Å². The van der Waals surface area contributed by atoms with Crippen molar-refractivity contribution in [2.75, 3.05) is 48.3 Å². The molecule has 2 amide bonds. The highest BCUT2D eigenvalue weighted by atomic mass is 35.5. The van der Waals surface area contributed by atoms with Gasteiger partial charge in [-0.25, -0.2) is 14.8 Å². The van der Waals surface area contributed by atoms with Crippen LogP contribution in [0.4, 0.5) is 60.1 Å². The van der Waals surface area contributed by atoms with Crippen molar-refractivity contribution >= 4 is 58.2 Å². The SMILES string of the molecule is NC(=O)N1CCN(c2ccc(-c3cc4cc(c3)Nc3ncc(Cl)c(n3)Nc3cccc(c3)OCC4)cn2)CC1.O=C(C(=O)C(F)(F)F)C(F)(F)F.